The molecule has 0 aromatic rings. The van der Waals surface area contributed by atoms with Gasteiger partial charge in [-0.05, 0) is 39.7 Å². The molecule has 0 aromatic heterocycles. The summed E-state index contributed by atoms with van der Waals surface area (Å²) in [4.78, 5) is 23.1. The molecule has 1 aliphatic heterocycles. The first-order chi connectivity index (χ1) is 11.1. The Morgan fingerprint density at radius 1 is 1.17 bits per heavy atom. The Labute approximate surface area is 148 Å². The van der Waals surface area contributed by atoms with Crippen LogP contribution < -0.4 is 5.32 Å². The molecule has 0 radical (unpaired) electrons. The van der Waals surface area contributed by atoms with Crippen molar-refractivity contribution in [3.05, 3.63) is 0 Å². The van der Waals surface area contributed by atoms with Crippen molar-refractivity contribution < 1.29 is 19.1 Å². The number of nitrogens with zero attached hydrogens (tertiary/aromatic N) is 1. The number of rotatable bonds is 5. The summed E-state index contributed by atoms with van der Waals surface area (Å²) in [5.41, 5.74) is 0.0417. The van der Waals surface area contributed by atoms with Crippen LogP contribution in [0.4, 0.5) is 0 Å². The van der Waals surface area contributed by atoms with Crippen LogP contribution in [0.1, 0.15) is 41.0 Å². The Morgan fingerprint density at radius 2 is 1.67 bits per heavy atom. The first kappa shape index (κ1) is 25.3. The summed E-state index contributed by atoms with van der Waals surface area (Å²) in [6, 6.07) is 0.265. The second kappa shape index (κ2) is 14.4. The average Bonchev–Trinajstić information content (AvgIpc) is 2.53. The van der Waals surface area contributed by atoms with Crippen molar-refractivity contribution in [3.63, 3.8) is 0 Å². The van der Waals surface area contributed by atoms with E-state index in [1.54, 1.807) is 26.2 Å². The van der Waals surface area contributed by atoms with Crippen LogP contribution in [0, 0.1) is 11.8 Å². The van der Waals surface area contributed by atoms with Crippen LogP contribution in [0.2, 0.25) is 0 Å². The number of ether oxygens (including phenoxy) is 2. The Hall–Kier alpha value is -0.980. The molecule has 1 saturated heterocycles. The molecule has 6 heteroatoms. The maximum atomic E-state index is 10.7. The number of amides is 1. The van der Waals surface area contributed by atoms with E-state index in [1.807, 2.05) is 20.8 Å². The minimum atomic E-state index is -0.00591. The second-order valence-corrected chi connectivity index (χ2v) is 7.41. The molecule has 2 atom stereocenters. The highest BCUT2D eigenvalue weighted by Gasteiger charge is 2.25. The van der Waals surface area contributed by atoms with Gasteiger partial charge in [0.1, 0.15) is 6.29 Å². The van der Waals surface area contributed by atoms with Crippen molar-refractivity contribution >= 4 is 12.7 Å². The number of nitrogens with one attached hydrogen (secondary N) is 1. The van der Waals surface area contributed by atoms with Crippen LogP contribution in [0.25, 0.3) is 0 Å². The highest BCUT2D eigenvalue weighted by atomic mass is 16.5. The summed E-state index contributed by atoms with van der Waals surface area (Å²) in [6.45, 7) is 12.6. The van der Waals surface area contributed by atoms with E-state index in [0.717, 1.165) is 32.2 Å². The largest absolute Gasteiger partial charge is 0.388 e. The third-order valence-corrected chi connectivity index (χ3v) is 3.28. The molecule has 1 N–H and O–H groups in total. The monoisotopic (exact) mass is 346 g/mol. The summed E-state index contributed by atoms with van der Waals surface area (Å²) in [5, 5.41) is 3.39. The van der Waals surface area contributed by atoms with Crippen LogP contribution in [0.15, 0.2) is 0 Å². The van der Waals surface area contributed by atoms with Gasteiger partial charge in [0, 0.05) is 46.4 Å². The van der Waals surface area contributed by atoms with Crippen molar-refractivity contribution in [1.82, 2.24) is 10.2 Å². The van der Waals surface area contributed by atoms with Crippen molar-refractivity contribution in [2.75, 3.05) is 41.0 Å². The van der Waals surface area contributed by atoms with Gasteiger partial charge in [0.15, 0.2) is 0 Å². The molecule has 0 spiro atoms. The van der Waals surface area contributed by atoms with E-state index < -0.39 is 0 Å². The lowest BCUT2D eigenvalue weighted by atomic mass is 9.95. The third-order valence-electron chi connectivity index (χ3n) is 3.28. The van der Waals surface area contributed by atoms with Gasteiger partial charge in [0.25, 0.3) is 0 Å². The summed E-state index contributed by atoms with van der Waals surface area (Å²) in [6.07, 6.45) is 2.64. The van der Waals surface area contributed by atoms with Crippen LogP contribution in [-0.2, 0) is 19.1 Å². The second-order valence-electron chi connectivity index (χ2n) is 7.41. The van der Waals surface area contributed by atoms with Crippen LogP contribution in [0.5, 0.6) is 0 Å². The van der Waals surface area contributed by atoms with Gasteiger partial charge in [0.05, 0.1) is 5.60 Å². The molecule has 2 unspecified atom stereocenters. The summed E-state index contributed by atoms with van der Waals surface area (Å²) >= 11 is 0. The fourth-order valence-corrected chi connectivity index (χ4v) is 1.91. The minimum absolute atomic E-state index is 0.00591. The fraction of sp³-hybridized carbons (Fsp3) is 0.889. The van der Waals surface area contributed by atoms with E-state index in [9.17, 15) is 9.59 Å². The number of carbonyl (C=O) groups is 2. The van der Waals surface area contributed by atoms with E-state index >= 15 is 0 Å². The first-order valence-electron chi connectivity index (χ1n) is 8.46. The van der Waals surface area contributed by atoms with Crippen LogP contribution in [0.3, 0.4) is 0 Å². The zero-order valence-corrected chi connectivity index (χ0v) is 16.8. The Bertz CT molecular complexity index is 301. The van der Waals surface area contributed by atoms with Gasteiger partial charge in [-0.15, -0.1) is 0 Å². The smallest absolute Gasteiger partial charge is 0.209 e. The van der Waals surface area contributed by atoms with E-state index in [1.165, 1.54) is 0 Å². The molecule has 0 aromatic carbocycles. The molecule has 24 heavy (non-hydrogen) atoms. The number of hydrogen-bond acceptors (Lipinski definition) is 5. The SMILES string of the molecule is CC(C)CNC1CC(C=O)CN(C=O)C1.COC.COC(C)(C)C. The number of piperidine rings is 1. The first-order valence-corrected chi connectivity index (χ1v) is 8.46. The number of carbonyl (C=O) groups excluding carboxylic acids is 2. The molecule has 0 saturated carbocycles. The number of aldehydes is 1. The summed E-state index contributed by atoms with van der Waals surface area (Å²) in [5.74, 6) is 0.583. The summed E-state index contributed by atoms with van der Waals surface area (Å²) in [7, 11) is 4.96. The maximum Gasteiger partial charge on any atom is 0.209 e. The number of methoxy groups -OCH3 is 2. The Balaban J connectivity index is 0. The van der Waals surface area contributed by atoms with Gasteiger partial charge in [-0.2, -0.15) is 0 Å². The topological polar surface area (TPSA) is 67.9 Å². The molecule has 1 rings (SSSR count). The molecular formula is C18H38N2O4. The highest BCUT2D eigenvalue weighted by Crippen LogP contribution is 2.14. The predicted octanol–water partition coefficient (Wildman–Crippen LogP) is 1.97. The Kier molecular flexibility index (Phi) is 15.1. The zero-order valence-electron chi connectivity index (χ0n) is 16.8. The van der Waals surface area contributed by atoms with E-state index in [4.69, 9.17) is 4.74 Å². The maximum absolute atomic E-state index is 10.7. The van der Waals surface area contributed by atoms with Crippen molar-refractivity contribution in [1.29, 1.82) is 0 Å². The molecule has 1 aliphatic rings. The molecule has 1 fully saturated rings. The molecule has 144 valence electrons. The Morgan fingerprint density at radius 3 is 2.00 bits per heavy atom. The lowest BCUT2D eigenvalue weighted by Gasteiger charge is -2.34. The van der Waals surface area contributed by atoms with Crippen LogP contribution in [-0.4, -0.2) is 70.2 Å². The normalized spacial score (nSPS) is 20.5. The lowest BCUT2D eigenvalue weighted by molar-refractivity contribution is -0.122. The van der Waals surface area contributed by atoms with Gasteiger partial charge in [-0.1, -0.05) is 13.8 Å². The van der Waals surface area contributed by atoms with Gasteiger partial charge < -0.3 is 24.5 Å². The third kappa shape index (κ3) is 15.9. The molecule has 1 amide bonds. The van der Waals surface area contributed by atoms with E-state index in [0.29, 0.717) is 12.5 Å². The average molecular weight is 347 g/mol. The molecular weight excluding hydrogens is 308 g/mol. The quantitative estimate of drug-likeness (QED) is 0.771. The highest BCUT2D eigenvalue weighted by molar-refractivity contribution is 5.56. The standard InChI is InChI=1S/C11H20N2O2.C5H12O.C2H6O/c1-9(2)4-12-11-3-10(7-14)5-13(6-11)8-15;1-5(2,3)6-4;1-3-2/h7-12H,3-6H2,1-2H3;1-4H3;1-2H3. The summed E-state index contributed by atoms with van der Waals surface area (Å²) < 4.78 is 9.19. The van der Waals surface area contributed by atoms with Gasteiger partial charge in [-0.25, -0.2) is 0 Å². The molecule has 6 nitrogen and oxygen atoms in total. The van der Waals surface area contributed by atoms with Gasteiger partial charge in [0.2, 0.25) is 6.41 Å². The minimum Gasteiger partial charge on any atom is -0.388 e. The van der Waals surface area contributed by atoms with E-state index in [-0.39, 0.29) is 17.6 Å². The van der Waals surface area contributed by atoms with Crippen LogP contribution >= 0.6 is 0 Å². The van der Waals surface area contributed by atoms with Gasteiger partial charge in [-0.3, -0.25) is 4.79 Å². The number of hydrogen-bond donors (Lipinski definition) is 1. The zero-order chi connectivity index (χ0) is 19.2. The predicted molar refractivity (Wildman–Crippen MR) is 98.1 cm³/mol. The lowest BCUT2D eigenvalue weighted by Crippen LogP contribution is -2.49. The molecule has 0 aliphatic carbocycles. The van der Waals surface area contributed by atoms with Crippen molar-refractivity contribution in [3.8, 4) is 0 Å². The molecule has 0 bridgehead atoms. The van der Waals surface area contributed by atoms with Gasteiger partial charge >= 0.3 is 0 Å². The van der Waals surface area contributed by atoms with E-state index in [2.05, 4.69) is 23.9 Å². The number of likely N-dealkylation sites (tertiary alicyclic amines) is 1. The van der Waals surface area contributed by atoms with Crippen molar-refractivity contribution in [2.45, 2.75) is 52.7 Å². The molecule has 1 heterocycles. The fourth-order valence-electron chi connectivity index (χ4n) is 1.91. The van der Waals surface area contributed by atoms with Crippen molar-refractivity contribution in [2.24, 2.45) is 11.8 Å².